The second-order valence-electron chi connectivity index (χ2n) is 4.83. The molecule has 1 N–H and O–H groups in total. The van der Waals surface area contributed by atoms with Crippen molar-refractivity contribution in [3.8, 4) is 0 Å². The molecule has 1 heterocycles. The number of rotatable bonds is 3. The van der Waals surface area contributed by atoms with Crippen molar-refractivity contribution in [2.24, 2.45) is 0 Å². The molecule has 1 aliphatic rings. The van der Waals surface area contributed by atoms with Crippen LogP contribution in [0.3, 0.4) is 0 Å². The Morgan fingerprint density at radius 1 is 1.26 bits per heavy atom. The Bertz CT molecular complexity index is 636. The van der Waals surface area contributed by atoms with Gasteiger partial charge in [-0.05, 0) is 31.7 Å². The van der Waals surface area contributed by atoms with Crippen LogP contribution in [0, 0.1) is 0 Å². The van der Waals surface area contributed by atoms with Crippen molar-refractivity contribution in [2.45, 2.75) is 36.5 Å². The molecule has 3 rings (SSSR count). The number of aromatic nitrogens is 2. The molecule has 0 aliphatic heterocycles. The van der Waals surface area contributed by atoms with E-state index in [0.717, 1.165) is 30.0 Å². The van der Waals surface area contributed by atoms with E-state index >= 15 is 0 Å². The molecule has 1 aromatic carbocycles. The standard InChI is InChI=1S/C15H16N2OS/c1-10(11-6-3-2-4-7-11)19-14-12-8-5-9-13(12)16-15(18)17-14/h2-4,6-7,10H,5,8-9H2,1H3,(H,16,17,18). The highest BCUT2D eigenvalue weighted by molar-refractivity contribution is 7.99. The summed E-state index contributed by atoms with van der Waals surface area (Å²) in [5.74, 6) is 0. The Morgan fingerprint density at radius 3 is 2.84 bits per heavy atom. The van der Waals surface area contributed by atoms with E-state index in [-0.39, 0.29) is 5.69 Å². The molecule has 0 radical (unpaired) electrons. The average Bonchev–Trinajstić information content (AvgIpc) is 2.88. The third-order valence-electron chi connectivity index (χ3n) is 3.49. The zero-order valence-electron chi connectivity index (χ0n) is 10.8. The second-order valence-corrected chi connectivity index (χ2v) is 6.16. The maximum absolute atomic E-state index is 11.6. The van der Waals surface area contributed by atoms with Gasteiger partial charge in [0.05, 0.1) is 0 Å². The Hall–Kier alpha value is -1.55. The number of H-pyrrole nitrogens is 1. The van der Waals surface area contributed by atoms with Gasteiger partial charge in [-0.25, -0.2) is 4.79 Å². The van der Waals surface area contributed by atoms with Crippen molar-refractivity contribution in [1.29, 1.82) is 0 Å². The van der Waals surface area contributed by atoms with Crippen molar-refractivity contribution < 1.29 is 0 Å². The van der Waals surface area contributed by atoms with Gasteiger partial charge in [-0.3, -0.25) is 0 Å². The highest BCUT2D eigenvalue weighted by atomic mass is 32.2. The lowest BCUT2D eigenvalue weighted by Gasteiger charge is -2.13. The molecule has 0 fully saturated rings. The predicted octanol–water partition coefficient (Wildman–Crippen LogP) is 3.11. The summed E-state index contributed by atoms with van der Waals surface area (Å²) in [5.41, 5.74) is 3.37. The van der Waals surface area contributed by atoms with Gasteiger partial charge in [0.2, 0.25) is 0 Å². The molecule has 1 aromatic heterocycles. The lowest BCUT2D eigenvalue weighted by Crippen LogP contribution is -2.14. The highest BCUT2D eigenvalue weighted by Crippen LogP contribution is 2.37. The van der Waals surface area contributed by atoms with Crippen LogP contribution >= 0.6 is 11.8 Å². The van der Waals surface area contributed by atoms with Crippen LogP contribution in [-0.2, 0) is 12.8 Å². The average molecular weight is 272 g/mol. The Morgan fingerprint density at radius 2 is 2.05 bits per heavy atom. The van der Waals surface area contributed by atoms with E-state index in [2.05, 4.69) is 29.0 Å². The molecule has 19 heavy (non-hydrogen) atoms. The van der Waals surface area contributed by atoms with E-state index in [9.17, 15) is 4.79 Å². The van der Waals surface area contributed by atoms with E-state index in [1.807, 2.05) is 18.2 Å². The van der Waals surface area contributed by atoms with Crippen LogP contribution in [-0.4, -0.2) is 9.97 Å². The van der Waals surface area contributed by atoms with Crippen LogP contribution in [0.1, 0.15) is 35.4 Å². The molecular weight excluding hydrogens is 256 g/mol. The largest absolute Gasteiger partial charge is 0.346 e. The molecule has 0 spiro atoms. The smallest absolute Gasteiger partial charge is 0.309 e. The van der Waals surface area contributed by atoms with Crippen LogP contribution in [0.4, 0.5) is 0 Å². The maximum Gasteiger partial charge on any atom is 0.346 e. The summed E-state index contributed by atoms with van der Waals surface area (Å²) in [6.45, 7) is 2.16. The number of aryl methyl sites for hydroxylation is 1. The van der Waals surface area contributed by atoms with Gasteiger partial charge in [-0.2, -0.15) is 4.98 Å². The maximum atomic E-state index is 11.6. The fourth-order valence-electron chi connectivity index (χ4n) is 2.49. The highest BCUT2D eigenvalue weighted by Gasteiger charge is 2.20. The number of fused-ring (bicyclic) bond motifs is 1. The monoisotopic (exact) mass is 272 g/mol. The number of hydrogen-bond acceptors (Lipinski definition) is 3. The summed E-state index contributed by atoms with van der Waals surface area (Å²) in [4.78, 5) is 18.6. The van der Waals surface area contributed by atoms with E-state index < -0.39 is 0 Å². The summed E-state index contributed by atoms with van der Waals surface area (Å²) in [6.07, 6.45) is 3.12. The van der Waals surface area contributed by atoms with Gasteiger partial charge in [0.25, 0.3) is 0 Å². The van der Waals surface area contributed by atoms with Gasteiger partial charge < -0.3 is 4.98 Å². The predicted molar refractivity (Wildman–Crippen MR) is 77.6 cm³/mol. The normalized spacial score (nSPS) is 15.2. The number of aromatic amines is 1. The molecule has 0 saturated heterocycles. The third-order valence-corrected chi connectivity index (χ3v) is 4.68. The minimum absolute atomic E-state index is 0.219. The van der Waals surface area contributed by atoms with Gasteiger partial charge in [0.15, 0.2) is 0 Å². The molecule has 1 aliphatic carbocycles. The molecular formula is C15H16N2OS. The zero-order chi connectivity index (χ0) is 13.2. The minimum Gasteiger partial charge on any atom is -0.309 e. The van der Waals surface area contributed by atoms with Crippen LogP contribution in [0.25, 0.3) is 0 Å². The van der Waals surface area contributed by atoms with Crippen molar-refractivity contribution in [3.05, 3.63) is 57.6 Å². The van der Waals surface area contributed by atoms with Gasteiger partial charge in [-0.15, -0.1) is 0 Å². The summed E-state index contributed by atoms with van der Waals surface area (Å²) in [5, 5.41) is 1.22. The van der Waals surface area contributed by atoms with Crippen LogP contribution in [0.15, 0.2) is 40.2 Å². The zero-order valence-corrected chi connectivity index (χ0v) is 11.7. The lowest BCUT2D eigenvalue weighted by atomic mass is 10.2. The quantitative estimate of drug-likeness (QED) is 0.690. The molecule has 1 atom stereocenters. The first-order valence-corrected chi connectivity index (χ1v) is 7.45. The van der Waals surface area contributed by atoms with Gasteiger partial charge in [0, 0.05) is 16.5 Å². The number of hydrogen-bond donors (Lipinski definition) is 1. The molecule has 0 amide bonds. The number of benzene rings is 1. The fraction of sp³-hybridized carbons (Fsp3) is 0.333. The second kappa shape index (κ2) is 5.21. The molecule has 3 nitrogen and oxygen atoms in total. The van der Waals surface area contributed by atoms with Gasteiger partial charge >= 0.3 is 5.69 Å². The summed E-state index contributed by atoms with van der Waals surface area (Å²) in [7, 11) is 0. The van der Waals surface area contributed by atoms with Gasteiger partial charge in [0.1, 0.15) is 5.03 Å². The topological polar surface area (TPSA) is 45.8 Å². The number of thioether (sulfide) groups is 1. The first-order chi connectivity index (χ1) is 9.24. The SMILES string of the molecule is CC(Sc1nc(=O)[nH]c2c1CCC2)c1ccccc1. The first-order valence-electron chi connectivity index (χ1n) is 6.57. The Balaban J connectivity index is 1.90. The fourth-order valence-corrected chi connectivity index (χ4v) is 3.62. The van der Waals surface area contributed by atoms with Crippen molar-refractivity contribution in [1.82, 2.24) is 9.97 Å². The lowest BCUT2D eigenvalue weighted by molar-refractivity contribution is 0.895. The molecule has 98 valence electrons. The van der Waals surface area contributed by atoms with E-state index in [4.69, 9.17) is 0 Å². The molecule has 2 aromatic rings. The minimum atomic E-state index is -0.219. The van der Waals surface area contributed by atoms with Crippen molar-refractivity contribution >= 4 is 11.8 Å². The molecule has 1 unspecified atom stereocenters. The Kier molecular flexibility index (Phi) is 3.42. The van der Waals surface area contributed by atoms with Crippen LogP contribution in [0.2, 0.25) is 0 Å². The summed E-state index contributed by atoms with van der Waals surface area (Å²) >= 11 is 1.69. The van der Waals surface area contributed by atoms with Gasteiger partial charge in [-0.1, -0.05) is 42.1 Å². The molecule has 0 bridgehead atoms. The van der Waals surface area contributed by atoms with Crippen molar-refractivity contribution in [3.63, 3.8) is 0 Å². The first kappa shape index (κ1) is 12.5. The Labute approximate surface area is 116 Å². The third kappa shape index (κ3) is 2.59. The number of nitrogens with zero attached hydrogens (tertiary/aromatic N) is 1. The van der Waals surface area contributed by atoms with Crippen LogP contribution < -0.4 is 5.69 Å². The summed E-state index contributed by atoms with van der Waals surface area (Å²) in [6, 6.07) is 10.3. The van der Waals surface area contributed by atoms with Crippen LogP contribution in [0.5, 0.6) is 0 Å². The summed E-state index contributed by atoms with van der Waals surface area (Å²) < 4.78 is 0. The van der Waals surface area contributed by atoms with E-state index in [0.29, 0.717) is 5.25 Å². The van der Waals surface area contributed by atoms with Crippen molar-refractivity contribution in [2.75, 3.05) is 0 Å². The molecule has 0 saturated carbocycles. The van der Waals surface area contributed by atoms with E-state index in [1.54, 1.807) is 11.8 Å². The number of nitrogens with one attached hydrogen (secondary N) is 1. The molecule has 4 heteroatoms. The van der Waals surface area contributed by atoms with E-state index in [1.165, 1.54) is 11.1 Å².